The first kappa shape index (κ1) is 25.9. The quantitative estimate of drug-likeness (QED) is 0.459. The molecule has 3 rings (SSSR count). The molecule has 0 aromatic heterocycles. The minimum atomic E-state index is -0.834. The molecule has 1 aliphatic rings. The number of hydrazine groups is 1. The summed E-state index contributed by atoms with van der Waals surface area (Å²) in [6.45, 7) is 5.77. The fraction of sp³-hybridized carbons (Fsp3) is 0.407. The molecule has 35 heavy (non-hydrogen) atoms. The van der Waals surface area contributed by atoms with E-state index in [1.807, 2.05) is 0 Å². The zero-order valence-electron chi connectivity index (χ0n) is 20.3. The zero-order chi connectivity index (χ0) is 25.4. The van der Waals surface area contributed by atoms with Gasteiger partial charge >= 0.3 is 11.9 Å². The van der Waals surface area contributed by atoms with Gasteiger partial charge in [-0.15, -0.1) is 0 Å². The van der Waals surface area contributed by atoms with E-state index in [2.05, 4.69) is 31.6 Å². The Labute approximate surface area is 205 Å². The van der Waals surface area contributed by atoms with Gasteiger partial charge in [0.2, 0.25) is 0 Å². The summed E-state index contributed by atoms with van der Waals surface area (Å²) in [7, 11) is 0. The molecular formula is C27H32N2O6. The van der Waals surface area contributed by atoms with Crippen LogP contribution in [0.4, 0.5) is 0 Å². The molecule has 2 amide bonds. The van der Waals surface area contributed by atoms with Gasteiger partial charge in [-0.1, -0.05) is 57.5 Å². The molecule has 0 unspecified atom stereocenters. The van der Waals surface area contributed by atoms with Crippen LogP contribution in [0.5, 0.6) is 0 Å². The van der Waals surface area contributed by atoms with Crippen LogP contribution in [0.1, 0.15) is 71.1 Å². The number of rotatable bonds is 7. The summed E-state index contributed by atoms with van der Waals surface area (Å²) in [5, 5.41) is 0. The predicted molar refractivity (Wildman–Crippen MR) is 129 cm³/mol. The van der Waals surface area contributed by atoms with Crippen LogP contribution in [0.2, 0.25) is 0 Å². The number of benzene rings is 2. The average Bonchev–Trinajstić information content (AvgIpc) is 2.86. The van der Waals surface area contributed by atoms with Crippen molar-refractivity contribution in [2.24, 2.45) is 17.8 Å². The SMILES string of the molecule is CC(C)[C@H]1CC[C@@H](C)C[C@H]1OC(=O)c1ccccc1C(=O)OCC(=O)NNC(=O)c1ccccc1. The summed E-state index contributed by atoms with van der Waals surface area (Å²) in [4.78, 5) is 49.7. The van der Waals surface area contributed by atoms with Crippen LogP contribution in [0.15, 0.2) is 54.6 Å². The van der Waals surface area contributed by atoms with Crippen molar-refractivity contribution in [2.45, 2.75) is 46.1 Å². The molecule has 8 nitrogen and oxygen atoms in total. The Morgan fingerprint density at radius 2 is 1.51 bits per heavy atom. The Kier molecular flexibility index (Phi) is 9.00. The maximum absolute atomic E-state index is 13.0. The fourth-order valence-corrected chi connectivity index (χ4v) is 4.32. The third-order valence-electron chi connectivity index (χ3n) is 6.27. The molecule has 3 atom stereocenters. The van der Waals surface area contributed by atoms with Crippen LogP contribution in [0.3, 0.4) is 0 Å². The largest absolute Gasteiger partial charge is 0.458 e. The van der Waals surface area contributed by atoms with Crippen molar-refractivity contribution in [3.63, 3.8) is 0 Å². The van der Waals surface area contributed by atoms with Gasteiger partial charge in [0, 0.05) is 5.56 Å². The van der Waals surface area contributed by atoms with E-state index in [4.69, 9.17) is 9.47 Å². The molecule has 1 aliphatic carbocycles. The lowest BCUT2D eigenvalue weighted by Gasteiger charge is -2.36. The lowest BCUT2D eigenvalue weighted by atomic mass is 9.75. The number of ether oxygens (including phenoxy) is 2. The first-order valence-corrected chi connectivity index (χ1v) is 11.9. The molecule has 8 heteroatoms. The van der Waals surface area contributed by atoms with Crippen molar-refractivity contribution in [1.82, 2.24) is 10.9 Å². The van der Waals surface area contributed by atoms with E-state index in [0.717, 1.165) is 19.3 Å². The molecule has 2 aromatic carbocycles. The summed E-state index contributed by atoms with van der Waals surface area (Å²) in [6, 6.07) is 14.5. The first-order chi connectivity index (χ1) is 16.8. The standard InChI is InChI=1S/C27H32N2O6/c1-17(2)20-14-13-18(3)15-23(20)35-27(33)22-12-8-7-11-21(22)26(32)34-16-24(30)28-29-25(31)19-9-5-4-6-10-19/h4-12,17-18,20,23H,13-16H2,1-3H3,(H,28,30)(H,29,31)/t18-,20-,23-/m1/s1. The van der Waals surface area contributed by atoms with Gasteiger partial charge in [0.15, 0.2) is 6.61 Å². The van der Waals surface area contributed by atoms with E-state index in [9.17, 15) is 19.2 Å². The van der Waals surface area contributed by atoms with Gasteiger partial charge in [-0.25, -0.2) is 9.59 Å². The summed E-state index contributed by atoms with van der Waals surface area (Å²) in [5.74, 6) is -1.54. The number of carbonyl (C=O) groups is 4. The van der Waals surface area contributed by atoms with Gasteiger partial charge in [0.1, 0.15) is 6.10 Å². The lowest BCUT2D eigenvalue weighted by Crippen LogP contribution is -2.43. The third-order valence-corrected chi connectivity index (χ3v) is 6.27. The highest BCUT2D eigenvalue weighted by atomic mass is 16.5. The Morgan fingerprint density at radius 1 is 0.886 bits per heavy atom. The van der Waals surface area contributed by atoms with Gasteiger partial charge in [-0.2, -0.15) is 0 Å². The molecule has 0 aliphatic heterocycles. The van der Waals surface area contributed by atoms with Crippen molar-refractivity contribution in [3.05, 3.63) is 71.3 Å². The summed E-state index contributed by atoms with van der Waals surface area (Å²) in [5.41, 5.74) is 4.92. The normalized spacial score (nSPS) is 19.5. The number of nitrogens with one attached hydrogen (secondary N) is 2. The van der Waals surface area contributed by atoms with Gasteiger partial charge in [-0.05, 0) is 54.9 Å². The Bertz CT molecular complexity index is 1050. The zero-order valence-corrected chi connectivity index (χ0v) is 20.3. The van der Waals surface area contributed by atoms with E-state index in [-0.39, 0.29) is 23.1 Å². The van der Waals surface area contributed by atoms with Crippen molar-refractivity contribution < 1.29 is 28.7 Å². The minimum Gasteiger partial charge on any atom is -0.458 e. The number of hydrogen-bond donors (Lipinski definition) is 2. The van der Waals surface area contributed by atoms with Gasteiger partial charge in [-0.3, -0.25) is 20.4 Å². The molecule has 1 fully saturated rings. The minimum absolute atomic E-state index is 0.0172. The summed E-state index contributed by atoms with van der Waals surface area (Å²) < 4.78 is 10.9. The second-order valence-electron chi connectivity index (χ2n) is 9.26. The number of carbonyl (C=O) groups excluding carboxylic acids is 4. The maximum Gasteiger partial charge on any atom is 0.339 e. The predicted octanol–water partition coefficient (Wildman–Crippen LogP) is 3.92. The van der Waals surface area contributed by atoms with Gasteiger partial charge in [0.05, 0.1) is 11.1 Å². The molecular weight excluding hydrogens is 448 g/mol. The highest BCUT2D eigenvalue weighted by Gasteiger charge is 2.34. The summed E-state index contributed by atoms with van der Waals surface area (Å²) >= 11 is 0. The molecule has 2 N–H and O–H groups in total. The fourth-order valence-electron chi connectivity index (χ4n) is 4.32. The molecule has 1 saturated carbocycles. The van der Waals surface area contributed by atoms with E-state index in [0.29, 0.717) is 17.4 Å². The van der Waals surface area contributed by atoms with Crippen molar-refractivity contribution in [3.8, 4) is 0 Å². The van der Waals surface area contributed by atoms with Crippen molar-refractivity contribution >= 4 is 23.8 Å². The monoisotopic (exact) mass is 480 g/mol. The number of esters is 2. The Morgan fingerprint density at radius 3 is 2.17 bits per heavy atom. The Hall–Kier alpha value is -3.68. The van der Waals surface area contributed by atoms with Crippen LogP contribution in [-0.2, 0) is 14.3 Å². The molecule has 186 valence electrons. The number of amides is 2. The Balaban J connectivity index is 1.57. The molecule has 0 spiro atoms. The third kappa shape index (κ3) is 7.15. The first-order valence-electron chi connectivity index (χ1n) is 11.9. The molecule has 0 saturated heterocycles. The van der Waals surface area contributed by atoms with E-state index >= 15 is 0 Å². The number of hydrogen-bond acceptors (Lipinski definition) is 6. The molecule has 2 aromatic rings. The molecule has 0 heterocycles. The van der Waals surface area contributed by atoms with Crippen LogP contribution in [-0.4, -0.2) is 36.5 Å². The lowest BCUT2D eigenvalue weighted by molar-refractivity contribution is -0.125. The smallest absolute Gasteiger partial charge is 0.339 e. The topological polar surface area (TPSA) is 111 Å². The van der Waals surface area contributed by atoms with Gasteiger partial charge in [0.25, 0.3) is 11.8 Å². The van der Waals surface area contributed by atoms with Crippen LogP contribution >= 0.6 is 0 Å². The maximum atomic E-state index is 13.0. The van der Waals surface area contributed by atoms with E-state index in [1.165, 1.54) is 12.1 Å². The van der Waals surface area contributed by atoms with Crippen molar-refractivity contribution in [1.29, 1.82) is 0 Å². The second kappa shape index (κ2) is 12.1. The van der Waals surface area contributed by atoms with Gasteiger partial charge < -0.3 is 9.47 Å². The summed E-state index contributed by atoms with van der Waals surface area (Å²) in [6.07, 6.45) is 2.68. The highest BCUT2D eigenvalue weighted by molar-refractivity contribution is 6.03. The van der Waals surface area contributed by atoms with E-state index in [1.54, 1.807) is 42.5 Å². The van der Waals surface area contributed by atoms with E-state index < -0.39 is 30.4 Å². The molecule has 0 radical (unpaired) electrons. The molecule has 0 bridgehead atoms. The van der Waals surface area contributed by atoms with Crippen LogP contribution < -0.4 is 10.9 Å². The average molecular weight is 481 g/mol. The highest BCUT2D eigenvalue weighted by Crippen LogP contribution is 2.35. The second-order valence-corrected chi connectivity index (χ2v) is 9.26. The van der Waals surface area contributed by atoms with Crippen LogP contribution in [0.25, 0.3) is 0 Å². The van der Waals surface area contributed by atoms with Crippen molar-refractivity contribution in [2.75, 3.05) is 6.61 Å². The van der Waals surface area contributed by atoms with Crippen LogP contribution in [0, 0.1) is 17.8 Å².